The van der Waals surface area contributed by atoms with Crippen LogP contribution in [0.1, 0.15) is 152 Å². The molecule has 5 aromatic rings. The minimum absolute atomic E-state index is 0. The van der Waals surface area contributed by atoms with Gasteiger partial charge in [-0.1, -0.05) is 130 Å². The van der Waals surface area contributed by atoms with Gasteiger partial charge in [-0.05, 0) is 23.7 Å². The van der Waals surface area contributed by atoms with Crippen molar-refractivity contribution in [3.63, 3.8) is 0 Å². The van der Waals surface area contributed by atoms with E-state index in [0.29, 0.717) is 23.7 Å². The van der Waals surface area contributed by atoms with Crippen LogP contribution in [0.15, 0.2) is 78.9 Å². The second kappa shape index (κ2) is 27.7. The normalized spacial score (nSPS) is 10.1. The van der Waals surface area contributed by atoms with Crippen molar-refractivity contribution >= 4 is 28.4 Å². The molecule has 0 atom stereocenters. The third-order valence-corrected chi connectivity index (χ3v) is 7.93. The molecule has 0 fully saturated rings. The smallest absolute Gasteiger partial charge is 0.171 e. The van der Waals surface area contributed by atoms with E-state index < -0.39 is 0 Å². The van der Waals surface area contributed by atoms with Crippen molar-refractivity contribution in [1.82, 2.24) is 0 Å². The third-order valence-electron chi connectivity index (χ3n) is 7.93. The Bertz CT molecular complexity index is 1380. The number of fused-ring (bicyclic) bond motifs is 2. The molecule has 2 heteroatoms. The van der Waals surface area contributed by atoms with Crippen molar-refractivity contribution < 1.29 is 23.3 Å². The maximum atomic E-state index is 3.60. The predicted molar refractivity (Wildman–Crippen MR) is 223 cm³/mol. The zero-order valence-electron chi connectivity index (χ0n) is 33.6. The maximum absolute atomic E-state index is 3.60. The van der Waals surface area contributed by atoms with Gasteiger partial charge in [0, 0.05) is 0 Å². The summed E-state index contributed by atoms with van der Waals surface area (Å²) in [7, 11) is 0. The topological polar surface area (TPSA) is 0 Å². The van der Waals surface area contributed by atoms with Crippen LogP contribution in [0.5, 0.6) is 0 Å². The fourth-order valence-corrected chi connectivity index (χ4v) is 5.01. The van der Waals surface area contributed by atoms with Crippen molar-refractivity contribution in [2.24, 2.45) is 0 Å². The zero-order chi connectivity index (χ0) is 36.8. The molecule has 0 spiro atoms. The van der Waals surface area contributed by atoms with E-state index >= 15 is 0 Å². The van der Waals surface area contributed by atoms with Crippen LogP contribution >= 0.6 is 0 Å². The van der Waals surface area contributed by atoms with Crippen molar-refractivity contribution in [3.8, 4) is 0 Å². The van der Waals surface area contributed by atoms with Crippen LogP contribution in [0, 0.1) is 41.2 Å². The molecule has 2 radical (unpaired) electrons. The molecule has 0 aliphatic carbocycles. The molecule has 5 aromatic carbocycles. The van der Waals surface area contributed by atoms with Gasteiger partial charge in [-0.2, -0.15) is 61.4 Å². The van der Waals surface area contributed by atoms with Crippen LogP contribution in [-0.2, 0) is 23.3 Å². The summed E-state index contributed by atoms with van der Waals surface area (Å²) >= 11 is 1.36. The molecule has 0 N–H and O–H groups in total. The van der Waals surface area contributed by atoms with Gasteiger partial charge in [0.05, 0.1) is 0 Å². The number of aryl methyl sites for hydroxylation is 2. The first-order valence-corrected chi connectivity index (χ1v) is 22.2. The van der Waals surface area contributed by atoms with E-state index in [0.717, 1.165) is 12.8 Å². The van der Waals surface area contributed by atoms with E-state index in [1.807, 2.05) is 30.3 Å². The third kappa shape index (κ3) is 18.2. The Balaban J connectivity index is 0. The Morgan fingerprint density at radius 3 is 1.12 bits per heavy atom. The van der Waals surface area contributed by atoms with Crippen molar-refractivity contribution in [3.05, 3.63) is 140 Å². The van der Waals surface area contributed by atoms with E-state index in [4.69, 9.17) is 0 Å². The number of hydrogen-bond acceptors (Lipinski definition) is 0. The maximum Gasteiger partial charge on any atom is -0.171 e. The molecule has 0 heterocycles. The summed E-state index contributed by atoms with van der Waals surface area (Å²) in [5.74, 6) is 2.42. The van der Waals surface area contributed by atoms with Gasteiger partial charge in [-0.25, -0.2) is 0 Å². The van der Waals surface area contributed by atoms with Gasteiger partial charge in [0.2, 0.25) is 0 Å². The monoisotopic (exact) mass is 750 g/mol. The Kier molecular flexibility index (Phi) is 27.7. The molecule has 0 unspecified atom stereocenters. The van der Waals surface area contributed by atoms with E-state index in [2.05, 4.69) is 158 Å². The largest absolute Gasteiger partial charge is 0.184 e. The van der Waals surface area contributed by atoms with E-state index in [-0.39, 0.29) is 7.43 Å². The quantitative estimate of drug-likeness (QED) is 0.120. The Labute approximate surface area is 321 Å². The summed E-state index contributed by atoms with van der Waals surface area (Å²) in [6.45, 7) is 37.0. The van der Waals surface area contributed by atoms with Gasteiger partial charge >= 0.3 is 30.2 Å². The second-order valence-corrected chi connectivity index (χ2v) is 13.7. The zero-order valence-corrected chi connectivity index (χ0v) is 37.0. The molecule has 0 saturated carbocycles. The Morgan fingerprint density at radius 2 is 0.918 bits per heavy atom. The van der Waals surface area contributed by atoms with Crippen LogP contribution in [0.25, 0.3) is 21.5 Å². The van der Waals surface area contributed by atoms with Gasteiger partial charge in [0.15, 0.2) is 0 Å². The first-order valence-electron chi connectivity index (χ1n) is 18.0. The van der Waals surface area contributed by atoms with E-state index in [1.54, 1.807) is 0 Å². The Hall–Kier alpha value is -2.02. The van der Waals surface area contributed by atoms with Gasteiger partial charge < -0.3 is 21.3 Å². The molecular formula is C47H68SiZr-6. The molecule has 0 aromatic heterocycles. The van der Waals surface area contributed by atoms with Crippen LogP contribution in [-0.4, -0.2) is 6.88 Å². The SMILES string of the molecule is Cc1cc2c(C(C)C)cc(C(C)C)cc2[cH-]1.Cc1cc2c(C(C)C)cc(C(C)C)cc2[cH-]1.[CH2-]CCC.[CH2-]CCC.[CH3-].[Si]=[Zr].[c-]1ccccc1. The second-order valence-electron chi connectivity index (χ2n) is 13.7. The molecular weight excluding hydrogens is 684 g/mol. The molecule has 5 rings (SSSR count). The summed E-state index contributed by atoms with van der Waals surface area (Å²) in [5.41, 5.74) is 8.66. The minimum atomic E-state index is 0. The molecule has 0 aliphatic rings. The van der Waals surface area contributed by atoms with E-state index in [1.165, 1.54) is 91.1 Å². The van der Waals surface area contributed by atoms with Crippen LogP contribution in [0.2, 0.25) is 0 Å². The average Bonchev–Trinajstić information content (AvgIpc) is 3.66. The standard InChI is InChI=1S/2C16H21.C6H5.2C4H9.CH3.Si.Zr/c2*1-10(2)13-8-14-6-12(5)7-16(14)15(9-13)11(3)4;1-2-4-6-5-3-1;2*1-3-4-2;;;/h2*6-11H,1-5H3;1-5H;2*1,3-4H2,2H3;1H3;;/q6*-1;;. The summed E-state index contributed by atoms with van der Waals surface area (Å²) in [4.78, 5) is 0. The van der Waals surface area contributed by atoms with Gasteiger partial charge in [-0.15, -0.1) is 56.9 Å². The molecule has 0 amide bonds. The van der Waals surface area contributed by atoms with Crippen molar-refractivity contribution in [1.29, 1.82) is 0 Å². The van der Waals surface area contributed by atoms with Crippen molar-refractivity contribution in [2.45, 2.75) is 132 Å². The number of rotatable bonds is 6. The molecule has 0 bridgehead atoms. The summed E-state index contributed by atoms with van der Waals surface area (Å²) in [6, 6.07) is 31.2. The Morgan fingerprint density at radius 1 is 0.592 bits per heavy atom. The van der Waals surface area contributed by atoms with Gasteiger partial charge in [0.1, 0.15) is 0 Å². The van der Waals surface area contributed by atoms with Crippen molar-refractivity contribution in [2.75, 3.05) is 0 Å². The molecule has 0 aliphatic heterocycles. The van der Waals surface area contributed by atoms with Gasteiger partial charge in [0.25, 0.3) is 0 Å². The fraction of sp³-hybridized carbons (Fsp3) is 0.426. The average molecular weight is 752 g/mol. The number of unbranched alkanes of at least 4 members (excludes halogenated alkanes) is 2. The van der Waals surface area contributed by atoms with E-state index in [9.17, 15) is 0 Å². The molecule has 49 heavy (non-hydrogen) atoms. The van der Waals surface area contributed by atoms with Crippen LogP contribution < -0.4 is 0 Å². The summed E-state index contributed by atoms with van der Waals surface area (Å²) in [5, 5.41) is 5.70. The van der Waals surface area contributed by atoms with Gasteiger partial charge in [-0.3, -0.25) is 0 Å². The molecule has 270 valence electrons. The first-order chi connectivity index (χ1) is 22.8. The van der Waals surface area contributed by atoms with Crippen LogP contribution in [0.4, 0.5) is 0 Å². The minimum Gasteiger partial charge on any atom is -0.184 e. The molecule has 0 nitrogen and oxygen atoms in total. The number of benzene rings is 3. The number of hydrogen-bond donors (Lipinski definition) is 0. The summed E-state index contributed by atoms with van der Waals surface area (Å²) in [6.07, 6.45) is 4.56. The van der Waals surface area contributed by atoms with Crippen LogP contribution in [0.3, 0.4) is 0 Å². The predicted octanol–water partition coefficient (Wildman–Crippen LogP) is 15.0. The summed E-state index contributed by atoms with van der Waals surface area (Å²) < 4.78 is 0. The fourth-order valence-electron chi connectivity index (χ4n) is 5.01. The first kappa shape index (κ1) is 49.1. The molecule has 0 saturated heterocycles.